The van der Waals surface area contributed by atoms with Gasteiger partial charge in [0.15, 0.2) is 0 Å². The van der Waals surface area contributed by atoms with Crippen LogP contribution in [0.25, 0.3) is 10.9 Å². The van der Waals surface area contributed by atoms with E-state index in [1.165, 1.54) is 0 Å². The first kappa shape index (κ1) is 19.9. The van der Waals surface area contributed by atoms with Crippen LogP contribution in [0.15, 0.2) is 48.5 Å². The van der Waals surface area contributed by atoms with Gasteiger partial charge in [0.2, 0.25) is 5.91 Å². The SMILES string of the molecule is Cc1[nH]c2ccccc2c1[C@@H]1c2ccccc2C(=O)N1CC(=O)N1C[C@H](C)C[C@H](C)C1. The van der Waals surface area contributed by atoms with Crippen molar-refractivity contribution in [3.05, 3.63) is 70.9 Å². The fourth-order valence-corrected chi connectivity index (χ4v) is 5.61. The lowest BCUT2D eigenvalue weighted by Gasteiger charge is -2.36. The van der Waals surface area contributed by atoms with E-state index < -0.39 is 0 Å². The summed E-state index contributed by atoms with van der Waals surface area (Å²) in [6.45, 7) is 8.10. The standard InChI is InChI=1S/C26H29N3O2/c1-16-12-17(2)14-28(13-16)23(30)15-29-25(19-8-4-5-9-20(19)26(29)31)24-18(3)27-22-11-7-6-10-21(22)24/h4-11,16-17,25,27H,12-15H2,1-3H3/t16-,17+,25-/m0/s1. The third kappa shape index (κ3) is 3.32. The lowest BCUT2D eigenvalue weighted by atomic mass is 9.92. The van der Waals surface area contributed by atoms with Gasteiger partial charge in [0.25, 0.3) is 5.91 Å². The molecule has 1 N–H and O–H groups in total. The lowest BCUT2D eigenvalue weighted by Crippen LogP contribution is -2.47. The second kappa shape index (κ2) is 7.56. The highest BCUT2D eigenvalue weighted by molar-refractivity contribution is 6.02. The van der Waals surface area contributed by atoms with Crippen molar-refractivity contribution in [2.45, 2.75) is 33.2 Å². The van der Waals surface area contributed by atoms with Gasteiger partial charge in [-0.1, -0.05) is 50.2 Å². The first-order valence-corrected chi connectivity index (χ1v) is 11.2. The zero-order chi connectivity index (χ0) is 21.7. The van der Waals surface area contributed by atoms with Gasteiger partial charge in [-0.05, 0) is 42.9 Å². The number of piperidine rings is 1. The molecule has 1 fully saturated rings. The van der Waals surface area contributed by atoms with E-state index in [4.69, 9.17) is 0 Å². The molecule has 5 nitrogen and oxygen atoms in total. The van der Waals surface area contributed by atoms with Crippen molar-refractivity contribution in [3.8, 4) is 0 Å². The van der Waals surface area contributed by atoms with E-state index in [1.54, 1.807) is 4.90 Å². The molecule has 3 heterocycles. The van der Waals surface area contributed by atoms with Gasteiger partial charge >= 0.3 is 0 Å². The van der Waals surface area contributed by atoms with Gasteiger partial charge < -0.3 is 14.8 Å². The van der Waals surface area contributed by atoms with E-state index in [1.807, 2.05) is 41.3 Å². The van der Waals surface area contributed by atoms with Gasteiger partial charge in [-0.3, -0.25) is 9.59 Å². The van der Waals surface area contributed by atoms with E-state index in [0.29, 0.717) is 17.4 Å². The molecule has 2 aliphatic rings. The summed E-state index contributed by atoms with van der Waals surface area (Å²) >= 11 is 0. The van der Waals surface area contributed by atoms with Gasteiger partial charge in [0, 0.05) is 40.8 Å². The Hall–Kier alpha value is -3.08. The van der Waals surface area contributed by atoms with Gasteiger partial charge in [0.1, 0.15) is 6.54 Å². The molecule has 2 aliphatic heterocycles. The highest BCUT2D eigenvalue weighted by Gasteiger charge is 2.41. The number of hydrogen-bond donors (Lipinski definition) is 1. The number of aromatic amines is 1. The number of para-hydroxylation sites is 1. The van der Waals surface area contributed by atoms with Crippen LogP contribution in [-0.4, -0.2) is 46.2 Å². The van der Waals surface area contributed by atoms with Crippen molar-refractivity contribution in [1.29, 1.82) is 0 Å². The van der Waals surface area contributed by atoms with Crippen LogP contribution in [0.2, 0.25) is 0 Å². The summed E-state index contributed by atoms with van der Waals surface area (Å²) in [4.78, 5) is 34.0. The van der Waals surface area contributed by atoms with Crippen LogP contribution in [-0.2, 0) is 4.79 Å². The molecule has 1 aromatic heterocycles. The number of aromatic nitrogens is 1. The van der Waals surface area contributed by atoms with Crippen LogP contribution in [0.5, 0.6) is 0 Å². The zero-order valence-corrected chi connectivity index (χ0v) is 18.4. The Balaban J connectivity index is 1.55. The summed E-state index contributed by atoms with van der Waals surface area (Å²) in [5.74, 6) is 0.968. The van der Waals surface area contributed by atoms with Crippen LogP contribution in [0.4, 0.5) is 0 Å². The average molecular weight is 416 g/mol. The number of carbonyl (C=O) groups excluding carboxylic acids is 2. The molecule has 3 aromatic rings. The second-order valence-electron chi connectivity index (χ2n) is 9.38. The summed E-state index contributed by atoms with van der Waals surface area (Å²) in [5, 5.41) is 1.10. The minimum absolute atomic E-state index is 0.0436. The van der Waals surface area contributed by atoms with Crippen molar-refractivity contribution in [2.75, 3.05) is 19.6 Å². The molecule has 2 amide bonds. The number of benzene rings is 2. The molecule has 160 valence electrons. The second-order valence-corrected chi connectivity index (χ2v) is 9.38. The zero-order valence-electron chi connectivity index (χ0n) is 18.4. The highest BCUT2D eigenvalue weighted by Crippen LogP contribution is 2.42. The fourth-order valence-electron chi connectivity index (χ4n) is 5.61. The van der Waals surface area contributed by atoms with Crippen molar-refractivity contribution in [2.24, 2.45) is 11.8 Å². The normalized spacial score (nSPS) is 23.5. The molecule has 3 atom stereocenters. The molecule has 0 saturated carbocycles. The number of nitrogens with zero attached hydrogens (tertiary/aromatic N) is 2. The Morgan fingerprint density at radius 2 is 1.71 bits per heavy atom. The molecule has 5 rings (SSSR count). The van der Waals surface area contributed by atoms with Crippen molar-refractivity contribution >= 4 is 22.7 Å². The van der Waals surface area contributed by atoms with E-state index in [-0.39, 0.29) is 24.4 Å². The Bertz CT molecular complexity index is 1150. The summed E-state index contributed by atoms with van der Waals surface area (Å²) < 4.78 is 0. The van der Waals surface area contributed by atoms with Crippen LogP contribution in [0, 0.1) is 18.8 Å². The predicted octanol–water partition coefficient (Wildman–Crippen LogP) is 4.53. The molecule has 0 bridgehead atoms. The number of carbonyl (C=O) groups is 2. The Morgan fingerprint density at radius 3 is 2.48 bits per heavy atom. The van der Waals surface area contributed by atoms with E-state index in [2.05, 4.69) is 37.9 Å². The van der Waals surface area contributed by atoms with Gasteiger partial charge in [-0.2, -0.15) is 0 Å². The molecule has 5 heteroatoms. The minimum atomic E-state index is -0.261. The van der Waals surface area contributed by atoms with E-state index >= 15 is 0 Å². The minimum Gasteiger partial charge on any atom is -0.358 e. The molecule has 0 aliphatic carbocycles. The Labute approximate surface area is 183 Å². The maximum atomic E-state index is 13.4. The van der Waals surface area contributed by atoms with Gasteiger partial charge in [0.05, 0.1) is 6.04 Å². The van der Waals surface area contributed by atoms with Crippen molar-refractivity contribution in [3.63, 3.8) is 0 Å². The molecule has 0 spiro atoms. The first-order chi connectivity index (χ1) is 14.9. The fraction of sp³-hybridized carbons (Fsp3) is 0.385. The van der Waals surface area contributed by atoms with Gasteiger partial charge in [-0.25, -0.2) is 0 Å². The highest BCUT2D eigenvalue weighted by atomic mass is 16.2. The molecule has 0 unspecified atom stereocenters. The van der Waals surface area contributed by atoms with Gasteiger partial charge in [-0.15, -0.1) is 0 Å². The lowest BCUT2D eigenvalue weighted by molar-refractivity contribution is -0.134. The maximum absolute atomic E-state index is 13.4. The molecular formula is C26H29N3O2. The number of nitrogens with one attached hydrogen (secondary N) is 1. The van der Waals surface area contributed by atoms with Crippen LogP contribution in [0.3, 0.4) is 0 Å². The molecular weight excluding hydrogens is 386 g/mol. The van der Waals surface area contributed by atoms with Crippen LogP contribution in [0.1, 0.15) is 53.5 Å². The molecule has 0 radical (unpaired) electrons. The predicted molar refractivity (Wildman–Crippen MR) is 122 cm³/mol. The third-order valence-electron chi connectivity index (χ3n) is 6.80. The van der Waals surface area contributed by atoms with E-state index in [9.17, 15) is 9.59 Å². The maximum Gasteiger partial charge on any atom is 0.255 e. The molecule has 2 aromatic carbocycles. The summed E-state index contributed by atoms with van der Waals surface area (Å²) in [5.41, 5.74) is 4.85. The summed E-state index contributed by atoms with van der Waals surface area (Å²) in [7, 11) is 0. The Kier molecular flexibility index (Phi) is 4.84. The largest absolute Gasteiger partial charge is 0.358 e. The summed E-state index contributed by atoms with van der Waals surface area (Å²) in [6.07, 6.45) is 1.15. The van der Waals surface area contributed by atoms with Crippen molar-refractivity contribution in [1.82, 2.24) is 14.8 Å². The number of amides is 2. The quantitative estimate of drug-likeness (QED) is 0.683. The summed E-state index contributed by atoms with van der Waals surface area (Å²) in [6, 6.07) is 15.7. The number of hydrogen-bond acceptors (Lipinski definition) is 2. The topological polar surface area (TPSA) is 56.4 Å². The Morgan fingerprint density at radius 1 is 1.03 bits per heavy atom. The monoisotopic (exact) mass is 415 g/mol. The average Bonchev–Trinajstić information content (AvgIpc) is 3.21. The number of likely N-dealkylation sites (tertiary alicyclic amines) is 1. The third-order valence-corrected chi connectivity index (χ3v) is 6.80. The smallest absolute Gasteiger partial charge is 0.255 e. The van der Waals surface area contributed by atoms with Crippen molar-refractivity contribution < 1.29 is 9.59 Å². The molecule has 1 saturated heterocycles. The molecule has 31 heavy (non-hydrogen) atoms. The van der Waals surface area contributed by atoms with Crippen LogP contribution >= 0.6 is 0 Å². The van der Waals surface area contributed by atoms with E-state index in [0.717, 1.165) is 47.2 Å². The number of fused-ring (bicyclic) bond motifs is 2. The number of aryl methyl sites for hydroxylation is 1. The number of rotatable bonds is 3. The number of H-pyrrole nitrogens is 1. The first-order valence-electron chi connectivity index (χ1n) is 11.2. The van der Waals surface area contributed by atoms with Crippen LogP contribution < -0.4 is 0 Å².